The summed E-state index contributed by atoms with van der Waals surface area (Å²) in [5, 5.41) is 46.3. The Bertz CT molecular complexity index is 1640. The van der Waals surface area contributed by atoms with Gasteiger partial charge in [0.25, 0.3) is 0 Å². The molecule has 8 aliphatic rings. The Morgan fingerprint density at radius 3 is 1.26 bits per heavy atom. The number of hydrogen-bond acceptors (Lipinski definition) is 6. The van der Waals surface area contributed by atoms with Gasteiger partial charge in [-0.2, -0.15) is 0 Å². The van der Waals surface area contributed by atoms with E-state index in [1.807, 2.05) is 72.8 Å². The second-order valence-corrected chi connectivity index (χ2v) is 13.4. The standard InChI is InChI=1S/C36H32O6/c1-33-23-15-13-22-18-25(23)41-35(37,38)31(33)27(19-9-5-3-6-10-19)29(33)21-14-16-24-26(17-21)42-36(39,40)32-28(30(22)34(24,32)2)20-11-7-4-8-12-20/h3-18,27-32,37-40H,1-2H3/t27-,28+,29-,30+,31+,32-,33-,34+. The molecule has 0 amide bonds. The number of benzene rings is 4. The first-order chi connectivity index (χ1) is 20.1. The molecular formula is C36H32O6. The molecular weight excluding hydrogens is 528 g/mol. The SMILES string of the molecule is C[C@@]12c3ccc4cc3OC(O)(O)[C@@H]1[C@@H](c1ccccc1)[C@@H]2c1ccc2c(c1)OC(O)(O)[C@H]1[C@H](c3ccccc3)[C@@H]4[C@@]21C. The molecule has 6 aliphatic carbocycles. The van der Waals surface area contributed by atoms with Crippen molar-refractivity contribution in [2.24, 2.45) is 11.8 Å². The van der Waals surface area contributed by atoms with Crippen molar-refractivity contribution in [3.63, 3.8) is 0 Å². The van der Waals surface area contributed by atoms with Crippen LogP contribution in [0.2, 0.25) is 0 Å². The van der Waals surface area contributed by atoms with Crippen molar-refractivity contribution < 1.29 is 29.9 Å². The summed E-state index contributed by atoms with van der Waals surface area (Å²) in [5.74, 6) is -5.95. The van der Waals surface area contributed by atoms with E-state index in [-0.39, 0.29) is 23.7 Å². The summed E-state index contributed by atoms with van der Waals surface area (Å²) in [6.07, 6.45) is 0. The van der Waals surface area contributed by atoms with Crippen LogP contribution in [-0.4, -0.2) is 32.4 Å². The molecule has 42 heavy (non-hydrogen) atoms. The monoisotopic (exact) mass is 560 g/mol. The molecule has 4 aromatic rings. The Kier molecular flexibility index (Phi) is 4.52. The van der Waals surface area contributed by atoms with Gasteiger partial charge in [-0.05, 0) is 34.4 Å². The summed E-state index contributed by atoms with van der Waals surface area (Å²) >= 11 is 0. The Balaban J connectivity index is 1.34. The summed E-state index contributed by atoms with van der Waals surface area (Å²) < 4.78 is 12.2. The van der Waals surface area contributed by atoms with E-state index in [2.05, 4.69) is 38.1 Å². The van der Waals surface area contributed by atoms with Crippen molar-refractivity contribution >= 4 is 0 Å². The Morgan fingerprint density at radius 2 is 0.881 bits per heavy atom. The molecule has 0 unspecified atom stereocenters. The minimum absolute atomic E-state index is 0.156. The average molecular weight is 561 g/mol. The molecule has 8 bridgehead atoms. The van der Waals surface area contributed by atoms with E-state index in [0.29, 0.717) is 11.5 Å². The Hall–Kier alpha value is -3.68. The third-order valence-corrected chi connectivity index (χ3v) is 11.6. The quantitative estimate of drug-likeness (QED) is 0.259. The average Bonchev–Trinajstić information content (AvgIpc) is 2.93. The van der Waals surface area contributed by atoms with E-state index in [9.17, 15) is 20.4 Å². The first kappa shape index (κ1) is 24.9. The van der Waals surface area contributed by atoms with Gasteiger partial charge in [0.2, 0.25) is 0 Å². The largest absolute Gasteiger partial charge is 0.439 e. The minimum Gasteiger partial charge on any atom is -0.439 e. The van der Waals surface area contributed by atoms with Crippen LogP contribution < -0.4 is 9.47 Å². The van der Waals surface area contributed by atoms with Gasteiger partial charge in [-0.25, -0.2) is 0 Å². The lowest BCUT2D eigenvalue weighted by Crippen LogP contribution is -2.69. The van der Waals surface area contributed by atoms with Gasteiger partial charge in [-0.1, -0.05) is 98.8 Å². The smallest absolute Gasteiger partial charge is 0.326 e. The molecule has 2 fully saturated rings. The van der Waals surface area contributed by atoms with Crippen LogP contribution in [0.25, 0.3) is 0 Å². The van der Waals surface area contributed by atoms with Gasteiger partial charge in [0.1, 0.15) is 11.5 Å². The van der Waals surface area contributed by atoms with Gasteiger partial charge in [0.15, 0.2) is 0 Å². The zero-order chi connectivity index (χ0) is 28.8. The molecule has 12 rings (SSSR count). The lowest BCUT2D eigenvalue weighted by atomic mass is 9.39. The molecule has 8 atom stereocenters. The maximum atomic E-state index is 11.6. The predicted octanol–water partition coefficient (Wildman–Crippen LogP) is 4.97. The van der Waals surface area contributed by atoms with Crippen molar-refractivity contribution in [3.05, 3.63) is 130 Å². The number of rotatable bonds is 2. The minimum atomic E-state index is -2.38. The summed E-state index contributed by atoms with van der Waals surface area (Å²) in [6, 6.07) is 32.2. The molecule has 2 aliphatic heterocycles. The normalized spacial score (nSPS) is 36.8. The maximum absolute atomic E-state index is 11.6. The summed E-state index contributed by atoms with van der Waals surface area (Å²) in [7, 11) is 0. The molecule has 0 spiro atoms. The molecule has 4 aromatic carbocycles. The molecule has 0 saturated heterocycles. The van der Waals surface area contributed by atoms with Crippen LogP contribution in [0, 0.1) is 11.8 Å². The molecule has 0 aromatic heterocycles. The molecule has 212 valence electrons. The summed E-state index contributed by atoms with van der Waals surface area (Å²) in [4.78, 5) is 0. The highest BCUT2D eigenvalue weighted by molar-refractivity contribution is 5.61. The zero-order valence-electron chi connectivity index (χ0n) is 23.3. The zero-order valence-corrected chi connectivity index (χ0v) is 23.3. The van der Waals surface area contributed by atoms with E-state index < -0.39 is 34.6 Å². The van der Waals surface area contributed by atoms with Crippen LogP contribution in [0.15, 0.2) is 97.1 Å². The molecule has 4 N–H and O–H groups in total. The first-order valence-electron chi connectivity index (χ1n) is 14.7. The molecule has 6 heteroatoms. The van der Waals surface area contributed by atoms with E-state index in [4.69, 9.17) is 9.47 Å². The van der Waals surface area contributed by atoms with Crippen molar-refractivity contribution in [2.75, 3.05) is 0 Å². The van der Waals surface area contributed by atoms with Gasteiger partial charge >= 0.3 is 11.9 Å². The highest BCUT2D eigenvalue weighted by atomic mass is 16.8. The lowest BCUT2D eigenvalue weighted by molar-refractivity contribution is -0.367. The first-order valence-corrected chi connectivity index (χ1v) is 14.7. The van der Waals surface area contributed by atoms with Crippen molar-refractivity contribution in [1.29, 1.82) is 0 Å². The number of hydrogen-bond donors (Lipinski definition) is 4. The third kappa shape index (κ3) is 2.75. The van der Waals surface area contributed by atoms with Crippen LogP contribution in [0.4, 0.5) is 0 Å². The number of aliphatic hydroxyl groups is 4. The fourth-order valence-electron chi connectivity index (χ4n) is 10.1. The topological polar surface area (TPSA) is 99.4 Å². The van der Waals surface area contributed by atoms with E-state index in [1.165, 1.54) is 0 Å². The Morgan fingerprint density at radius 1 is 0.500 bits per heavy atom. The molecule has 2 heterocycles. The molecule has 6 nitrogen and oxygen atoms in total. The van der Waals surface area contributed by atoms with Crippen LogP contribution in [0.1, 0.15) is 70.9 Å². The van der Waals surface area contributed by atoms with Crippen LogP contribution in [0.5, 0.6) is 11.5 Å². The van der Waals surface area contributed by atoms with Crippen LogP contribution >= 0.6 is 0 Å². The molecule has 0 radical (unpaired) electrons. The second kappa shape index (κ2) is 7.63. The van der Waals surface area contributed by atoms with Gasteiger partial charge < -0.3 is 29.9 Å². The summed E-state index contributed by atoms with van der Waals surface area (Å²) in [5.41, 5.74) is 4.40. The second-order valence-electron chi connectivity index (χ2n) is 13.4. The highest BCUT2D eigenvalue weighted by Gasteiger charge is 2.74. The fraction of sp³-hybridized carbons (Fsp3) is 0.333. The molecule has 2 saturated carbocycles. The Labute approximate surface area is 243 Å². The predicted molar refractivity (Wildman–Crippen MR) is 154 cm³/mol. The highest BCUT2D eigenvalue weighted by Crippen LogP contribution is 2.75. The van der Waals surface area contributed by atoms with Gasteiger partial charge in [-0.15, -0.1) is 0 Å². The lowest BCUT2D eigenvalue weighted by Gasteiger charge is -2.67. The van der Waals surface area contributed by atoms with Crippen LogP contribution in [-0.2, 0) is 10.8 Å². The third-order valence-electron chi connectivity index (χ3n) is 11.6. The maximum Gasteiger partial charge on any atom is 0.326 e. The van der Waals surface area contributed by atoms with Crippen molar-refractivity contribution in [3.8, 4) is 11.5 Å². The van der Waals surface area contributed by atoms with Gasteiger partial charge in [0, 0.05) is 45.6 Å². The number of ether oxygens (including phenoxy) is 2. The van der Waals surface area contributed by atoms with E-state index in [1.54, 1.807) is 0 Å². The van der Waals surface area contributed by atoms with E-state index in [0.717, 1.165) is 33.4 Å². The summed E-state index contributed by atoms with van der Waals surface area (Å²) in [6.45, 7) is 4.18. The fourth-order valence-corrected chi connectivity index (χ4v) is 10.1. The van der Waals surface area contributed by atoms with Crippen molar-refractivity contribution in [2.45, 2.75) is 60.3 Å². The van der Waals surface area contributed by atoms with E-state index >= 15 is 0 Å². The van der Waals surface area contributed by atoms with Gasteiger partial charge in [0.05, 0.1) is 11.8 Å². The van der Waals surface area contributed by atoms with Crippen molar-refractivity contribution in [1.82, 2.24) is 0 Å². The van der Waals surface area contributed by atoms with Crippen LogP contribution in [0.3, 0.4) is 0 Å². The van der Waals surface area contributed by atoms with Gasteiger partial charge in [-0.3, -0.25) is 0 Å².